The van der Waals surface area contributed by atoms with Crippen LogP contribution in [0.15, 0.2) is 71.2 Å². The van der Waals surface area contributed by atoms with Crippen LogP contribution in [-0.4, -0.2) is 35.6 Å². The zero-order valence-electron chi connectivity index (χ0n) is 16.5. The van der Waals surface area contributed by atoms with Crippen molar-refractivity contribution in [2.75, 3.05) is 13.2 Å². The van der Waals surface area contributed by atoms with Crippen molar-refractivity contribution in [2.24, 2.45) is 0 Å². The molecule has 0 fully saturated rings. The highest BCUT2D eigenvalue weighted by molar-refractivity contribution is 9.10. The molecule has 2 atom stereocenters. The number of fused-ring (bicyclic) bond motifs is 3. The molecule has 3 N–H and O–H groups in total. The summed E-state index contributed by atoms with van der Waals surface area (Å²) in [4.78, 5) is 12.2. The molecule has 3 aromatic carbocycles. The Morgan fingerprint density at radius 1 is 1.03 bits per heavy atom. The summed E-state index contributed by atoms with van der Waals surface area (Å²) in [6.45, 7) is -0.146. The molecule has 1 amide bonds. The largest absolute Gasteiger partial charge is 0.449 e. The number of halogens is 2. The Morgan fingerprint density at radius 2 is 1.65 bits per heavy atom. The van der Waals surface area contributed by atoms with E-state index in [1.807, 2.05) is 48.5 Å². The molecule has 0 bridgehead atoms. The number of alkyl carbamates (subject to hydrolysis) is 1. The predicted octanol–water partition coefficient (Wildman–Crippen LogP) is 4.52. The third-order valence-electron chi connectivity index (χ3n) is 5.44. The van der Waals surface area contributed by atoms with Crippen molar-refractivity contribution >= 4 is 22.0 Å². The number of aliphatic hydroxyl groups is 2. The maximum atomic E-state index is 14.0. The molecule has 3 aromatic rings. The van der Waals surface area contributed by atoms with Crippen molar-refractivity contribution in [3.8, 4) is 11.1 Å². The molecular weight excluding hydrogens is 465 g/mol. The molecule has 31 heavy (non-hydrogen) atoms. The fourth-order valence-corrected chi connectivity index (χ4v) is 4.23. The molecule has 0 aliphatic heterocycles. The van der Waals surface area contributed by atoms with Gasteiger partial charge in [0, 0.05) is 22.5 Å². The lowest BCUT2D eigenvalue weighted by molar-refractivity contribution is 0.0165. The molecule has 160 valence electrons. The van der Waals surface area contributed by atoms with E-state index in [0.29, 0.717) is 4.47 Å². The second-order valence-corrected chi connectivity index (χ2v) is 8.30. The van der Waals surface area contributed by atoms with Crippen molar-refractivity contribution in [3.05, 3.63) is 93.7 Å². The quantitative estimate of drug-likeness (QED) is 0.479. The molecule has 0 heterocycles. The van der Waals surface area contributed by atoms with Crippen LogP contribution in [0.4, 0.5) is 9.18 Å². The number of hydrogen-bond donors (Lipinski definition) is 3. The highest BCUT2D eigenvalue weighted by atomic mass is 79.9. The topological polar surface area (TPSA) is 78.8 Å². The second kappa shape index (κ2) is 9.18. The summed E-state index contributed by atoms with van der Waals surface area (Å²) in [6, 6.07) is 20.1. The Kier molecular flexibility index (Phi) is 6.36. The third-order valence-corrected chi connectivity index (χ3v) is 5.94. The van der Waals surface area contributed by atoms with Gasteiger partial charge in [0.1, 0.15) is 24.6 Å². The summed E-state index contributed by atoms with van der Waals surface area (Å²) in [5.74, 6) is -0.729. The summed E-state index contributed by atoms with van der Waals surface area (Å²) < 4.78 is 19.9. The van der Waals surface area contributed by atoms with Crippen LogP contribution in [0.5, 0.6) is 0 Å². The molecule has 0 aromatic heterocycles. The van der Waals surface area contributed by atoms with Gasteiger partial charge < -0.3 is 20.3 Å². The predicted molar refractivity (Wildman–Crippen MR) is 118 cm³/mol. The second-order valence-electron chi connectivity index (χ2n) is 7.38. The van der Waals surface area contributed by atoms with Crippen LogP contribution in [0.3, 0.4) is 0 Å². The van der Waals surface area contributed by atoms with E-state index in [1.165, 1.54) is 12.1 Å². The van der Waals surface area contributed by atoms with Crippen molar-refractivity contribution in [2.45, 2.75) is 18.1 Å². The lowest BCUT2D eigenvalue weighted by Gasteiger charge is -2.20. The normalized spacial score (nSPS) is 14.5. The SMILES string of the molecule is O=C(NCC(O)C(O)c1ccc(Br)cc1F)OCC1c2ccccc2-c2ccccc21. The van der Waals surface area contributed by atoms with Crippen LogP contribution in [0.25, 0.3) is 11.1 Å². The van der Waals surface area contributed by atoms with Gasteiger partial charge in [0.2, 0.25) is 0 Å². The van der Waals surface area contributed by atoms with Gasteiger partial charge in [0.25, 0.3) is 0 Å². The van der Waals surface area contributed by atoms with Crippen molar-refractivity contribution in [1.29, 1.82) is 0 Å². The Hall–Kier alpha value is -2.74. The van der Waals surface area contributed by atoms with E-state index < -0.39 is 24.1 Å². The Bertz CT molecular complexity index is 1060. The van der Waals surface area contributed by atoms with Gasteiger partial charge in [-0.15, -0.1) is 0 Å². The van der Waals surface area contributed by atoms with Gasteiger partial charge in [-0.2, -0.15) is 0 Å². The number of rotatable bonds is 6. The fourth-order valence-electron chi connectivity index (χ4n) is 3.90. The van der Waals surface area contributed by atoms with Gasteiger partial charge in [-0.25, -0.2) is 9.18 Å². The van der Waals surface area contributed by atoms with Crippen molar-refractivity contribution in [1.82, 2.24) is 5.32 Å². The van der Waals surface area contributed by atoms with E-state index in [4.69, 9.17) is 4.74 Å². The van der Waals surface area contributed by atoms with Gasteiger partial charge in [-0.05, 0) is 34.4 Å². The molecule has 2 unspecified atom stereocenters. The number of carbonyl (C=O) groups is 1. The van der Waals surface area contributed by atoms with Gasteiger partial charge >= 0.3 is 6.09 Å². The molecule has 0 saturated carbocycles. The summed E-state index contributed by atoms with van der Waals surface area (Å²) in [6.07, 6.45) is -3.59. The zero-order valence-corrected chi connectivity index (χ0v) is 18.0. The number of nitrogens with one attached hydrogen (secondary N) is 1. The summed E-state index contributed by atoms with van der Waals surface area (Å²) >= 11 is 3.14. The first-order valence-electron chi connectivity index (χ1n) is 9.85. The summed E-state index contributed by atoms with van der Waals surface area (Å²) in [5.41, 5.74) is 4.39. The van der Waals surface area contributed by atoms with Gasteiger partial charge in [-0.3, -0.25) is 0 Å². The molecule has 0 spiro atoms. The number of hydrogen-bond acceptors (Lipinski definition) is 4. The van der Waals surface area contributed by atoms with E-state index in [2.05, 4.69) is 21.2 Å². The zero-order chi connectivity index (χ0) is 22.0. The van der Waals surface area contributed by atoms with E-state index in [9.17, 15) is 19.4 Å². The average Bonchev–Trinajstić information content (AvgIpc) is 3.09. The van der Waals surface area contributed by atoms with E-state index in [0.717, 1.165) is 22.3 Å². The van der Waals surface area contributed by atoms with Gasteiger partial charge in [0.05, 0.1) is 0 Å². The standard InChI is InChI=1S/C24H21BrFNO4/c25-14-9-10-19(21(26)11-14)23(29)22(28)12-27-24(30)31-13-20-17-7-3-1-5-15(17)16-6-2-4-8-18(16)20/h1-11,20,22-23,28-29H,12-13H2,(H,27,30). The lowest BCUT2D eigenvalue weighted by atomic mass is 9.98. The molecule has 0 radical (unpaired) electrons. The van der Waals surface area contributed by atoms with Gasteiger partial charge in [0.15, 0.2) is 0 Å². The first kappa shape index (κ1) is 21.5. The maximum absolute atomic E-state index is 14.0. The molecule has 5 nitrogen and oxygen atoms in total. The first-order chi connectivity index (χ1) is 15.0. The molecule has 7 heteroatoms. The number of carbonyl (C=O) groups excluding carboxylic acids is 1. The van der Waals surface area contributed by atoms with Crippen LogP contribution in [0.2, 0.25) is 0 Å². The van der Waals surface area contributed by atoms with Crippen LogP contribution in [0, 0.1) is 5.82 Å². The highest BCUT2D eigenvalue weighted by Crippen LogP contribution is 2.44. The number of ether oxygens (including phenoxy) is 1. The smallest absolute Gasteiger partial charge is 0.407 e. The summed E-state index contributed by atoms with van der Waals surface area (Å²) in [7, 11) is 0. The monoisotopic (exact) mass is 485 g/mol. The molecule has 0 saturated heterocycles. The molecule has 4 rings (SSSR count). The van der Waals surface area contributed by atoms with Crippen LogP contribution < -0.4 is 5.32 Å². The highest BCUT2D eigenvalue weighted by Gasteiger charge is 2.29. The first-order valence-corrected chi connectivity index (χ1v) is 10.6. The van der Waals surface area contributed by atoms with E-state index in [-0.39, 0.29) is 24.6 Å². The molecule has 1 aliphatic rings. The number of aliphatic hydroxyl groups excluding tert-OH is 2. The third kappa shape index (κ3) is 4.49. The van der Waals surface area contributed by atoms with Crippen molar-refractivity contribution in [3.63, 3.8) is 0 Å². The molecular formula is C24H21BrFNO4. The minimum atomic E-state index is -1.48. The van der Waals surface area contributed by atoms with Crippen LogP contribution in [0.1, 0.15) is 28.7 Å². The Labute approximate surface area is 187 Å². The average molecular weight is 486 g/mol. The van der Waals surface area contributed by atoms with Crippen LogP contribution >= 0.6 is 15.9 Å². The minimum Gasteiger partial charge on any atom is -0.449 e. The fraction of sp³-hybridized carbons (Fsp3) is 0.208. The molecule has 1 aliphatic carbocycles. The maximum Gasteiger partial charge on any atom is 0.407 e. The van der Waals surface area contributed by atoms with Gasteiger partial charge in [-0.1, -0.05) is 70.5 Å². The van der Waals surface area contributed by atoms with E-state index >= 15 is 0 Å². The van der Waals surface area contributed by atoms with Crippen molar-refractivity contribution < 1.29 is 24.1 Å². The van der Waals surface area contributed by atoms with E-state index in [1.54, 1.807) is 6.07 Å². The number of benzene rings is 3. The minimum absolute atomic E-state index is 0.0509. The summed E-state index contributed by atoms with van der Waals surface area (Å²) in [5, 5.41) is 22.8. The Morgan fingerprint density at radius 3 is 2.26 bits per heavy atom. The lowest BCUT2D eigenvalue weighted by Crippen LogP contribution is -2.36. The Balaban J connectivity index is 1.35. The van der Waals surface area contributed by atoms with Crippen LogP contribution in [-0.2, 0) is 4.74 Å². The number of amides is 1.